The summed E-state index contributed by atoms with van der Waals surface area (Å²) >= 11 is 0. The van der Waals surface area contributed by atoms with E-state index in [1.165, 1.54) is 6.92 Å². The van der Waals surface area contributed by atoms with Crippen LogP contribution in [0.3, 0.4) is 0 Å². The zero-order chi connectivity index (χ0) is 38.4. The zero-order valence-corrected chi connectivity index (χ0v) is 32.7. The van der Waals surface area contributed by atoms with Gasteiger partial charge in [-0.1, -0.05) is 78.8 Å². The van der Waals surface area contributed by atoms with Gasteiger partial charge in [-0.2, -0.15) is 0 Å². The number of methoxy groups -OCH3 is 1. The van der Waals surface area contributed by atoms with Gasteiger partial charge in [-0.05, 0) is 56.3 Å². The summed E-state index contributed by atoms with van der Waals surface area (Å²) < 4.78 is 27.4. The Morgan fingerprint density at radius 3 is 1.98 bits per heavy atom. The van der Waals surface area contributed by atoms with E-state index in [9.17, 15) is 28.8 Å². The standard InChI is InChI=1S/C36H58N2O11Si/c1-13-23(4)31(32(41)37-27(19-22(2)3)28(39)20-29(40)45-10)48-33(42)25(6)47-34(43)30(24(5)49-50(11,12)36(7,8)9)38-35(44)46-21-26-17-15-14-16-18-26/h14-18,22-25,27,30-31H,13,19-21H2,1-12H3,(H,37,41)(H,38,44)/t23?,24-,25+,27+,30+,31+/m1/s1. The SMILES string of the molecule is CCC(C)[C@H](OC(=O)[C@H](C)OC(=O)[C@@H](NC(=O)OCc1ccccc1)[C@@H](C)O[Si](C)(C)C(C)(C)C)C(=O)N[C@@H](CC(C)C)C(=O)CC(=O)OC. The molecule has 1 aromatic carbocycles. The van der Waals surface area contributed by atoms with Crippen LogP contribution in [0.25, 0.3) is 0 Å². The van der Waals surface area contributed by atoms with E-state index >= 15 is 0 Å². The van der Waals surface area contributed by atoms with E-state index in [0.29, 0.717) is 6.42 Å². The minimum absolute atomic E-state index is 0.00822. The Kier molecular flexibility index (Phi) is 17.8. The van der Waals surface area contributed by atoms with Crippen LogP contribution in [0.5, 0.6) is 0 Å². The lowest BCUT2D eigenvalue weighted by Crippen LogP contribution is -2.55. The highest BCUT2D eigenvalue weighted by Gasteiger charge is 2.42. The van der Waals surface area contributed by atoms with Crippen molar-refractivity contribution in [3.05, 3.63) is 35.9 Å². The Morgan fingerprint density at radius 2 is 1.46 bits per heavy atom. The van der Waals surface area contributed by atoms with Gasteiger partial charge >= 0.3 is 24.0 Å². The summed E-state index contributed by atoms with van der Waals surface area (Å²) in [6, 6.07) is 6.64. The van der Waals surface area contributed by atoms with Gasteiger partial charge in [0.2, 0.25) is 0 Å². The third-order valence-corrected chi connectivity index (χ3v) is 13.3. The number of carbonyl (C=O) groups is 6. The molecule has 0 aliphatic heterocycles. The first-order valence-electron chi connectivity index (χ1n) is 17.1. The van der Waals surface area contributed by atoms with Crippen LogP contribution in [0.4, 0.5) is 4.79 Å². The van der Waals surface area contributed by atoms with Gasteiger partial charge in [-0.15, -0.1) is 0 Å². The molecule has 0 saturated heterocycles. The molecule has 0 spiro atoms. The van der Waals surface area contributed by atoms with Crippen LogP contribution in [-0.2, 0) is 54.0 Å². The Labute approximate surface area is 298 Å². The minimum Gasteiger partial charge on any atom is -0.469 e. The lowest BCUT2D eigenvalue weighted by Gasteiger charge is -2.40. The second kappa shape index (κ2) is 20.2. The Balaban J connectivity index is 3.16. The van der Waals surface area contributed by atoms with Crippen molar-refractivity contribution in [2.45, 2.75) is 137 Å². The largest absolute Gasteiger partial charge is 0.469 e. The molecule has 1 rings (SSSR count). The number of rotatable bonds is 19. The molecule has 6 atom stereocenters. The summed E-state index contributed by atoms with van der Waals surface area (Å²) in [7, 11) is -1.28. The van der Waals surface area contributed by atoms with Crippen LogP contribution in [0.15, 0.2) is 30.3 Å². The smallest absolute Gasteiger partial charge is 0.408 e. The van der Waals surface area contributed by atoms with E-state index < -0.39 is 86.7 Å². The van der Waals surface area contributed by atoms with Gasteiger partial charge < -0.3 is 34.0 Å². The number of hydrogen-bond donors (Lipinski definition) is 2. The lowest BCUT2D eigenvalue weighted by atomic mass is 9.96. The second-order valence-corrected chi connectivity index (χ2v) is 19.3. The molecule has 282 valence electrons. The van der Waals surface area contributed by atoms with Crippen LogP contribution in [0, 0.1) is 11.8 Å². The van der Waals surface area contributed by atoms with Gasteiger partial charge in [-0.3, -0.25) is 14.4 Å². The topological polar surface area (TPSA) is 173 Å². The molecule has 0 radical (unpaired) electrons. The summed E-state index contributed by atoms with van der Waals surface area (Å²) in [5.41, 5.74) is 0.743. The van der Waals surface area contributed by atoms with Crippen LogP contribution < -0.4 is 10.6 Å². The van der Waals surface area contributed by atoms with E-state index in [1.54, 1.807) is 45.0 Å². The van der Waals surface area contributed by atoms with Crippen molar-refractivity contribution in [1.82, 2.24) is 10.6 Å². The molecule has 50 heavy (non-hydrogen) atoms. The van der Waals surface area contributed by atoms with Crippen LogP contribution in [0.2, 0.25) is 18.1 Å². The predicted molar refractivity (Wildman–Crippen MR) is 189 cm³/mol. The minimum atomic E-state index is -2.44. The van der Waals surface area contributed by atoms with Gasteiger partial charge in [0.05, 0.1) is 19.3 Å². The Bertz CT molecular complexity index is 1300. The number of ether oxygens (including phenoxy) is 4. The molecule has 0 bridgehead atoms. The number of ketones is 1. The van der Waals surface area contributed by atoms with E-state index in [2.05, 4.69) is 15.4 Å². The molecule has 14 heteroatoms. The highest BCUT2D eigenvalue weighted by atomic mass is 28.4. The van der Waals surface area contributed by atoms with E-state index in [-0.39, 0.29) is 24.0 Å². The van der Waals surface area contributed by atoms with E-state index in [1.807, 2.05) is 53.8 Å². The van der Waals surface area contributed by atoms with Crippen molar-refractivity contribution < 1.29 is 52.1 Å². The van der Waals surface area contributed by atoms with Crippen molar-refractivity contribution in [3.8, 4) is 0 Å². The van der Waals surface area contributed by atoms with Crippen molar-refractivity contribution in [3.63, 3.8) is 0 Å². The molecule has 0 aromatic heterocycles. The quantitative estimate of drug-likeness (QED) is 0.0827. The molecule has 0 aliphatic carbocycles. The van der Waals surface area contributed by atoms with Gasteiger partial charge in [0, 0.05) is 5.92 Å². The number of alkyl carbamates (subject to hydrolysis) is 1. The number of esters is 3. The molecule has 13 nitrogen and oxygen atoms in total. The third kappa shape index (κ3) is 14.6. The molecule has 0 heterocycles. The van der Waals surface area contributed by atoms with Crippen LogP contribution in [0.1, 0.15) is 87.1 Å². The third-order valence-electron chi connectivity index (χ3n) is 8.74. The van der Waals surface area contributed by atoms with Crippen molar-refractivity contribution >= 4 is 44.0 Å². The van der Waals surface area contributed by atoms with Crippen molar-refractivity contribution in [2.75, 3.05) is 7.11 Å². The normalized spacial score (nSPS) is 15.4. The Hall–Kier alpha value is -3.78. The first kappa shape index (κ1) is 44.2. The fourth-order valence-corrected chi connectivity index (χ4v) is 5.88. The highest BCUT2D eigenvalue weighted by molar-refractivity contribution is 6.74. The lowest BCUT2D eigenvalue weighted by molar-refractivity contribution is -0.176. The number of hydrogen-bond acceptors (Lipinski definition) is 11. The molecule has 1 aromatic rings. The summed E-state index contributed by atoms with van der Waals surface area (Å²) in [5.74, 6) is -4.47. The van der Waals surface area contributed by atoms with Crippen LogP contribution in [-0.4, -0.2) is 81.5 Å². The molecule has 0 aliphatic rings. The number of amides is 2. The monoisotopic (exact) mass is 722 g/mol. The number of Topliss-reactive ketones (excluding diaryl/α,β-unsaturated/α-hetero) is 1. The fourth-order valence-electron chi connectivity index (χ4n) is 4.46. The van der Waals surface area contributed by atoms with Gasteiger partial charge in [0.15, 0.2) is 32.4 Å². The zero-order valence-electron chi connectivity index (χ0n) is 31.7. The molecular weight excluding hydrogens is 664 g/mol. The summed E-state index contributed by atoms with van der Waals surface area (Å²) in [5, 5.41) is 4.95. The summed E-state index contributed by atoms with van der Waals surface area (Å²) in [6.07, 6.45) is -4.42. The molecule has 1 unspecified atom stereocenters. The maximum Gasteiger partial charge on any atom is 0.408 e. The molecule has 2 N–H and O–H groups in total. The predicted octanol–water partition coefficient (Wildman–Crippen LogP) is 5.24. The molecule has 0 fully saturated rings. The fraction of sp³-hybridized carbons (Fsp3) is 0.667. The molecule has 0 saturated carbocycles. The van der Waals surface area contributed by atoms with Crippen molar-refractivity contribution in [2.24, 2.45) is 11.8 Å². The highest BCUT2D eigenvalue weighted by Crippen LogP contribution is 2.37. The molecular formula is C36H58N2O11Si. The summed E-state index contributed by atoms with van der Waals surface area (Å²) in [6.45, 7) is 20.2. The van der Waals surface area contributed by atoms with Crippen molar-refractivity contribution in [1.29, 1.82) is 0 Å². The second-order valence-electron chi connectivity index (χ2n) is 14.5. The average molecular weight is 723 g/mol. The average Bonchev–Trinajstić information content (AvgIpc) is 3.03. The van der Waals surface area contributed by atoms with Gasteiger partial charge in [-0.25, -0.2) is 14.4 Å². The van der Waals surface area contributed by atoms with Crippen LogP contribution >= 0.6 is 0 Å². The Morgan fingerprint density at radius 1 is 0.860 bits per heavy atom. The molecule has 2 amide bonds. The number of benzene rings is 1. The summed E-state index contributed by atoms with van der Waals surface area (Å²) in [4.78, 5) is 77.7. The first-order chi connectivity index (χ1) is 23.1. The number of carbonyl (C=O) groups excluding carboxylic acids is 6. The maximum absolute atomic E-state index is 13.6. The van der Waals surface area contributed by atoms with Gasteiger partial charge in [0.1, 0.15) is 13.0 Å². The maximum atomic E-state index is 13.6. The van der Waals surface area contributed by atoms with E-state index in [0.717, 1.165) is 12.7 Å². The van der Waals surface area contributed by atoms with Gasteiger partial charge in [0.25, 0.3) is 5.91 Å². The number of nitrogens with one attached hydrogen (secondary N) is 2. The first-order valence-corrected chi connectivity index (χ1v) is 20.0. The van der Waals surface area contributed by atoms with E-state index in [4.69, 9.17) is 18.6 Å².